The van der Waals surface area contributed by atoms with Gasteiger partial charge >= 0.3 is 0 Å². The summed E-state index contributed by atoms with van der Waals surface area (Å²) in [6, 6.07) is 15.1. The van der Waals surface area contributed by atoms with Crippen LogP contribution in [0, 0.1) is 0 Å². The van der Waals surface area contributed by atoms with Crippen molar-refractivity contribution in [1.29, 1.82) is 0 Å². The molecule has 1 aromatic carbocycles. The number of rotatable bonds is 7. The molecule has 0 bridgehead atoms. The number of benzene rings is 1. The lowest BCUT2D eigenvalue weighted by Crippen LogP contribution is -2.37. The number of nitrogens with zero attached hydrogens (tertiary/aromatic N) is 3. The van der Waals surface area contributed by atoms with E-state index in [9.17, 15) is 4.79 Å². The van der Waals surface area contributed by atoms with E-state index in [2.05, 4.69) is 15.4 Å². The molecule has 0 unspecified atom stereocenters. The molecule has 1 amide bonds. The van der Waals surface area contributed by atoms with Gasteiger partial charge in [-0.25, -0.2) is 0 Å². The summed E-state index contributed by atoms with van der Waals surface area (Å²) in [5.74, 6) is 0.532. The van der Waals surface area contributed by atoms with Gasteiger partial charge in [-0.1, -0.05) is 18.2 Å². The first-order chi connectivity index (χ1) is 12.2. The van der Waals surface area contributed by atoms with Gasteiger partial charge in [-0.3, -0.25) is 14.5 Å². The Labute approximate surface area is 146 Å². The van der Waals surface area contributed by atoms with Crippen LogP contribution in [0.1, 0.15) is 6.92 Å². The first-order valence-electron chi connectivity index (χ1n) is 8.15. The summed E-state index contributed by atoms with van der Waals surface area (Å²) in [5.41, 5.74) is 1.90. The molecular formula is C19H20N4O2. The van der Waals surface area contributed by atoms with Gasteiger partial charge in [0.1, 0.15) is 5.75 Å². The van der Waals surface area contributed by atoms with Gasteiger partial charge in [0.15, 0.2) is 6.10 Å². The minimum Gasteiger partial charge on any atom is -0.481 e. The molecule has 3 rings (SSSR count). The smallest absolute Gasteiger partial charge is 0.260 e. The highest BCUT2D eigenvalue weighted by Gasteiger charge is 2.13. The Morgan fingerprint density at radius 1 is 1.16 bits per heavy atom. The first kappa shape index (κ1) is 16.7. The third kappa shape index (κ3) is 4.67. The molecule has 6 nitrogen and oxygen atoms in total. The predicted molar refractivity (Wildman–Crippen MR) is 95.0 cm³/mol. The minimum absolute atomic E-state index is 0.148. The number of para-hydroxylation sites is 1. The summed E-state index contributed by atoms with van der Waals surface area (Å²) in [7, 11) is 0. The predicted octanol–water partition coefficient (Wildman–Crippen LogP) is 2.53. The van der Waals surface area contributed by atoms with Crippen molar-refractivity contribution in [3.63, 3.8) is 0 Å². The molecule has 0 aliphatic carbocycles. The average molecular weight is 336 g/mol. The number of amides is 1. The maximum Gasteiger partial charge on any atom is 0.260 e. The van der Waals surface area contributed by atoms with Crippen molar-refractivity contribution < 1.29 is 9.53 Å². The second-order valence-corrected chi connectivity index (χ2v) is 5.56. The third-order valence-electron chi connectivity index (χ3n) is 3.68. The molecule has 3 aromatic rings. The highest BCUT2D eigenvalue weighted by molar-refractivity contribution is 5.80. The Bertz CT molecular complexity index is 803. The van der Waals surface area contributed by atoms with Crippen LogP contribution in [0.3, 0.4) is 0 Å². The number of ether oxygens (including phenoxy) is 1. The van der Waals surface area contributed by atoms with E-state index in [-0.39, 0.29) is 5.91 Å². The zero-order chi connectivity index (χ0) is 17.5. The van der Waals surface area contributed by atoms with Crippen molar-refractivity contribution in [1.82, 2.24) is 20.1 Å². The van der Waals surface area contributed by atoms with Crippen LogP contribution in [-0.2, 0) is 11.3 Å². The quantitative estimate of drug-likeness (QED) is 0.720. The van der Waals surface area contributed by atoms with Gasteiger partial charge in [0.25, 0.3) is 5.91 Å². The second kappa shape index (κ2) is 8.10. The zero-order valence-corrected chi connectivity index (χ0v) is 14.0. The molecular weight excluding hydrogens is 316 g/mol. The fourth-order valence-electron chi connectivity index (χ4n) is 2.36. The number of aromatic nitrogens is 3. The lowest BCUT2D eigenvalue weighted by atomic mass is 10.2. The van der Waals surface area contributed by atoms with Crippen molar-refractivity contribution in [3.8, 4) is 17.0 Å². The fourth-order valence-corrected chi connectivity index (χ4v) is 2.36. The van der Waals surface area contributed by atoms with E-state index < -0.39 is 6.10 Å². The third-order valence-corrected chi connectivity index (χ3v) is 3.68. The molecule has 0 fully saturated rings. The van der Waals surface area contributed by atoms with E-state index in [1.165, 1.54) is 0 Å². The average Bonchev–Trinajstić information content (AvgIpc) is 3.12. The Hall–Kier alpha value is -3.15. The topological polar surface area (TPSA) is 69.0 Å². The van der Waals surface area contributed by atoms with E-state index >= 15 is 0 Å². The van der Waals surface area contributed by atoms with Gasteiger partial charge < -0.3 is 10.1 Å². The van der Waals surface area contributed by atoms with Gasteiger partial charge in [-0.2, -0.15) is 5.10 Å². The van der Waals surface area contributed by atoms with E-state index in [1.807, 2.05) is 54.7 Å². The van der Waals surface area contributed by atoms with Crippen LogP contribution in [0.4, 0.5) is 0 Å². The summed E-state index contributed by atoms with van der Waals surface area (Å²) in [6.07, 6.45) is 4.82. The minimum atomic E-state index is -0.549. The lowest BCUT2D eigenvalue weighted by Gasteiger charge is -2.14. The molecule has 128 valence electrons. The monoisotopic (exact) mass is 336 g/mol. The highest BCUT2D eigenvalue weighted by Crippen LogP contribution is 2.14. The Kier molecular flexibility index (Phi) is 5.41. The molecule has 25 heavy (non-hydrogen) atoms. The van der Waals surface area contributed by atoms with Gasteiger partial charge in [0.05, 0.1) is 12.2 Å². The van der Waals surface area contributed by atoms with Crippen LogP contribution in [-0.4, -0.2) is 33.3 Å². The van der Waals surface area contributed by atoms with Gasteiger partial charge in [-0.15, -0.1) is 0 Å². The molecule has 0 saturated heterocycles. The molecule has 0 aliphatic heterocycles. The molecule has 0 saturated carbocycles. The molecule has 1 atom stereocenters. The van der Waals surface area contributed by atoms with Crippen molar-refractivity contribution in [2.24, 2.45) is 0 Å². The van der Waals surface area contributed by atoms with Crippen molar-refractivity contribution in [2.75, 3.05) is 6.54 Å². The van der Waals surface area contributed by atoms with Crippen LogP contribution in [0.2, 0.25) is 0 Å². The van der Waals surface area contributed by atoms with E-state index in [0.29, 0.717) is 18.8 Å². The summed E-state index contributed by atoms with van der Waals surface area (Å²) in [5, 5.41) is 7.36. The molecule has 0 aliphatic rings. The Morgan fingerprint density at radius 3 is 2.68 bits per heavy atom. The highest BCUT2D eigenvalue weighted by atomic mass is 16.5. The van der Waals surface area contributed by atoms with E-state index in [0.717, 1.165) is 11.3 Å². The summed E-state index contributed by atoms with van der Waals surface area (Å²) >= 11 is 0. The number of nitrogens with one attached hydrogen (secondary N) is 1. The summed E-state index contributed by atoms with van der Waals surface area (Å²) in [4.78, 5) is 16.1. The number of carbonyl (C=O) groups excluding carboxylic acids is 1. The van der Waals surface area contributed by atoms with Crippen molar-refractivity contribution >= 4 is 5.91 Å². The number of pyridine rings is 1. The maximum absolute atomic E-state index is 12.1. The fraction of sp³-hybridized carbons (Fsp3) is 0.211. The van der Waals surface area contributed by atoms with Crippen LogP contribution in [0.5, 0.6) is 5.75 Å². The molecule has 0 radical (unpaired) electrons. The normalized spacial score (nSPS) is 11.7. The standard InChI is InChI=1S/C19H20N4O2/c1-15(25-17-5-3-2-4-6-17)19(24)21-12-14-23-13-9-18(22-23)16-7-10-20-11-8-16/h2-11,13,15H,12,14H2,1H3,(H,21,24)/t15-/m0/s1. The summed E-state index contributed by atoms with van der Waals surface area (Å²) in [6.45, 7) is 2.81. The molecule has 6 heteroatoms. The van der Waals surface area contributed by atoms with Gasteiger partial charge in [0.2, 0.25) is 0 Å². The van der Waals surface area contributed by atoms with E-state index in [1.54, 1.807) is 24.0 Å². The first-order valence-corrected chi connectivity index (χ1v) is 8.15. The Balaban J connectivity index is 1.46. The van der Waals surface area contributed by atoms with Gasteiger partial charge in [0, 0.05) is 30.7 Å². The van der Waals surface area contributed by atoms with Crippen molar-refractivity contribution in [2.45, 2.75) is 19.6 Å². The van der Waals surface area contributed by atoms with Crippen LogP contribution in [0.15, 0.2) is 67.1 Å². The number of hydrogen-bond acceptors (Lipinski definition) is 4. The summed E-state index contributed by atoms with van der Waals surface area (Å²) < 4.78 is 7.40. The lowest BCUT2D eigenvalue weighted by molar-refractivity contribution is -0.127. The number of carbonyl (C=O) groups is 1. The molecule has 0 spiro atoms. The molecule has 1 N–H and O–H groups in total. The largest absolute Gasteiger partial charge is 0.481 e. The number of hydrogen-bond donors (Lipinski definition) is 1. The van der Waals surface area contributed by atoms with Crippen LogP contribution < -0.4 is 10.1 Å². The molecule has 2 heterocycles. The van der Waals surface area contributed by atoms with Crippen LogP contribution >= 0.6 is 0 Å². The zero-order valence-electron chi connectivity index (χ0n) is 14.0. The van der Waals surface area contributed by atoms with Crippen LogP contribution in [0.25, 0.3) is 11.3 Å². The second-order valence-electron chi connectivity index (χ2n) is 5.56. The molecule has 2 aromatic heterocycles. The Morgan fingerprint density at radius 2 is 1.92 bits per heavy atom. The van der Waals surface area contributed by atoms with Gasteiger partial charge in [-0.05, 0) is 37.3 Å². The SMILES string of the molecule is C[C@H](Oc1ccccc1)C(=O)NCCn1ccc(-c2ccncc2)n1. The van der Waals surface area contributed by atoms with Crippen molar-refractivity contribution in [3.05, 3.63) is 67.1 Å². The maximum atomic E-state index is 12.1. The van der Waals surface area contributed by atoms with E-state index in [4.69, 9.17) is 4.74 Å².